The SMILES string of the molecule is Cc1cc(C)cc(-c2[nH]c3ccc(C(C)(C)C(=O)N4CC5CCC4CC5)cc3c2[C@H](C)CNCCc2cc[n+]([O-])cc2)c1. The van der Waals surface area contributed by atoms with E-state index in [2.05, 4.69) is 86.2 Å². The maximum atomic E-state index is 14.1. The van der Waals surface area contributed by atoms with Crippen molar-refractivity contribution in [3.63, 3.8) is 0 Å². The summed E-state index contributed by atoms with van der Waals surface area (Å²) in [7, 11) is 0. The van der Waals surface area contributed by atoms with Crippen molar-refractivity contribution in [2.24, 2.45) is 5.92 Å². The van der Waals surface area contributed by atoms with E-state index in [4.69, 9.17) is 0 Å². The van der Waals surface area contributed by atoms with E-state index in [9.17, 15) is 10.0 Å². The van der Waals surface area contributed by atoms with Crippen LogP contribution in [0.5, 0.6) is 0 Å². The first-order chi connectivity index (χ1) is 20.6. The van der Waals surface area contributed by atoms with Crippen LogP contribution < -0.4 is 10.0 Å². The molecule has 0 spiro atoms. The smallest absolute Gasteiger partial charge is 0.232 e. The van der Waals surface area contributed by atoms with Gasteiger partial charge in [-0.2, -0.15) is 4.73 Å². The van der Waals surface area contributed by atoms with Gasteiger partial charge >= 0.3 is 0 Å². The maximum absolute atomic E-state index is 14.1. The molecule has 6 nitrogen and oxygen atoms in total. The predicted molar refractivity (Wildman–Crippen MR) is 174 cm³/mol. The molecule has 1 atom stereocenters. The van der Waals surface area contributed by atoms with E-state index in [-0.39, 0.29) is 11.8 Å². The molecule has 3 fully saturated rings. The molecule has 6 heteroatoms. The highest BCUT2D eigenvalue weighted by Crippen LogP contribution is 2.41. The number of fused-ring (bicyclic) bond motifs is 4. The van der Waals surface area contributed by atoms with Gasteiger partial charge < -0.3 is 20.4 Å². The fourth-order valence-corrected chi connectivity index (χ4v) is 7.52. The van der Waals surface area contributed by atoms with Crippen LogP contribution in [0.1, 0.15) is 80.2 Å². The third-order valence-electron chi connectivity index (χ3n) is 9.98. The summed E-state index contributed by atoms with van der Waals surface area (Å²) >= 11 is 0. The molecule has 2 aromatic heterocycles. The van der Waals surface area contributed by atoms with Gasteiger partial charge in [-0.05, 0) is 125 Å². The van der Waals surface area contributed by atoms with Gasteiger partial charge in [0, 0.05) is 42.2 Å². The number of rotatable bonds is 9. The summed E-state index contributed by atoms with van der Waals surface area (Å²) < 4.78 is 0.824. The second-order valence-electron chi connectivity index (χ2n) is 13.7. The van der Waals surface area contributed by atoms with Gasteiger partial charge in [-0.15, -0.1) is 0 Å². The summed E-state index contributed by atoms with van der Waals surface area (Å²) in [6.45, 7) is 13.4. The number of carbonyl (C=O) groups excluding carboxylic acids is 1. The van der Waals surface area contributed by atoms with E-state index < -0.39 is 5.41 Å². The van der Waals surface area contributed by atoms with E-state index in [1.807, 2.05) is 12.1 Å². The summed E-state index contributed by atoms with van der Waals surface area (Å²) in [6, 6.07) is 17.5. The Morgan fingerprint density at radius 2 is 1.74 bits per heavy atom. The van der Waals surface area contributed by atoms with Gasteiger partial charge in [0.05, 0.1) is 11.1 Å². The third-order valence-corrected chi connectivity index (χ3v) is 9.98. The molecular formula is C37H46N4O2. The highest BCUT2D eigenvalue weighted by Gasteiger charge is 2.42. The lowest BCUT2D eigenvalue weighted by Crippen LogP contribution is -2.55. The zero-order chi connectivity index (χ0) is 30.3. The second kappa shape index (κ2) is 11.8. The van der Waals surface area contributed by atoms with Crippen molar-refractivity contribution in [2.75, 3.05) is 19.6 Å². The van der Waals surface area contributed by atoms with Crippen molar-refractivity contribution in [3.05, 3.63) is 93.9 Å². The number of aromatic amines is 1. The molecule has 43 heavy (non-hydrogen) atoms. The Morgan fingerprint density at radius 1 is 1.05 bits per heavy atom. The average molecular weight is 579 g/mol. The van der Waals surface area contributed by atoms with Crippen molar-refractivity contribution < 1.29 is 9.52 Å². The van der Waals surface area contributed by atoms with E-state index in [0.717, 1.165) is 66.0 Å². The van der Waals surface area contributed by atoms with Gasteiger partial charge in [-0.25, -0.2) is 0 Å². The van der Waals surface area contributed by atoms with Crippen LogP contribution in [0.3, 0.4) is 0 Å². The van der Waals surface area contributed by atoms with E-state index in [1.54, 1.807) is 12.4 Å². The van der Waals surface area contributed by atoms with Gasteiger partial charge in [0.25, 0.3) is 0 Å². The number of aromatic nitrogens is 2. The molecule has 226 valence electrons. The molecule has 4 aromatic rings. The molecule has 1 saturated carbocycles. The number of piperidine rings is 2. The Morgan fingerprint density at radius 3 is 2.40 bits per heavy atom. The molecule has 2 bridgehead atoms. The number of nitrogens with one attached hydrogen (secondary N) is 2. The number of aryl methyl sites for hydroxylation is 2. The van der Waals surface area contributed by atoms with Crippen molar-refractivity contribution in [1.82, 2.24) is 15.2 Å². The number of pyridine rings is 1. The monoisotopic (exact) mass is 578 g/mol. The number of carbonyl (C=O) groups is 1. The number of nitrogens with zero attached hydrogens (tertiary/aromatic N) is 2. The number of hydrogen-bond donors (Lipinski definition) is 2. The van der Waals surface area contributed by atoms with Crippen LogP contribution in [0.25, 0.3) is 22.2 Å². The summed E-state index contributed by atoms with van der Waals surface area (Å²) in [5.41, 5.74) is 8.89. The largest absolute Gasteiger partial charge is 0.619 e. The molecule has 2 N–H and O–H groups in total. The zero-order valence-electron chi connectivity index (χ0n) is 26.4. The minimum Gasteiger partial charge on any atom is -0.619 e. The topological polar surface area (TPSA) is 75.1 Å². The summed E-state index contributed by atoms with van der Waals surface area (Å²) in [5.74, 6) is 1.17. The Bertz CT molecular complexity index is 1590. The number of hydrogen-bond acceptors (Lipinski definition) is 3. The van der Waals surface area contributed by atoms with Crippen LogP contribution in [0.2, 0.25) is 0 Å². The van der Waals surface area contributed by atoms with Crippen LogP contribution in [0, 0.1) is 25.0 Å². The summed E-state index contributed by atoms with van der Waals surface area (Å²) in [4.78, 5) is 20.0. The van der Waals surface area contributed by atoms with Crippen molar-refractivity contribution in [1.29, 1.82) is 0 Å². The number of H-pyrrole nitrogens is 1. The number of amides is 1. The third kappa shape index (κ3) is 5.95. The molecule has 2 aliphatic heterocycles. The normalized spacial score (nSPS) is 19.2. The highest BCUT2D eigenvalue weighted by atomic mass is 16.5. The summed E-state index contributed by atoms with van der Waals surface area (Å²) in [5, 5.41) is 16.2. The molecule has 0 radical (unpaired) electrons. The molecular weight excluding hydrogens is 532 g/mol. The van der Waals surface area contributed by atoms with E-state index >= 15 is 0 Å². The lowest BCUT2D eigenvalue weighted by atomic mass is 9.76. The first kappa shape index (κ1) is 29.4. The molecule has 2 aromatic carbocycles. The van der Waals surface area contributed by atoms with E-state index in [1.165, 1.54) is 40.5 Å². The van der Waals surface area contributed by atoms with Gasteiger partial charge in [0.1, 0.15) is 0 Å². The molecule has 0 unspecified atom stereocenters. The first-order valence-electron chi connectivity index (χ1n) is 16.0. The molecule has 3 aliphatic rings. The van der Waals surface area contributed by atoms with Crippen LogP contribution in [-0.4, -0.2) is 41.5 Å². The lowest BCUT2D eigenvalue weighted by Gasteiger charge is -2.47. The fraction of sp³-hybridized carbons (Fsp3) is 0.459. The number of benzene rings is 2. The Labute approximate surface area is 256 Å². The molecule has 2 saturated heterocycles. The van der Waals surface area contributed by atoms with Crippen LogP contribution in [0.15, 0.2) is 60.9 Å². The zero-order valence-corrected chi connectivity index (χ0v) is 26.4. The molecule has 1 amide bonds. The van der Waals surface area contributed by atoms with Gasteiger partial charge in [-0.1, -0.05) is 30.2 Å². The Balaban J connectivity index is 1.31. The molecule has 1 aliphatic carbocycles. The van der Waals surface area contributed by atoms with Crippen LogP contribution in [0.4, 0.5) is 0 Å². The van der Waals surface area contributed by atoms with Crippen LogP contribution in [-0.2, 0) is 16.6 Å². The lowest BCUT2D eigenvalue weighted by molar-refractivity contribution is -0.605. The minimum absolute atomic E-state index is 0.232. The summed E-state index contributed by atoms with van der Waals surface area (Å²) in [6.07, 6.45) is 8.82. The van der Waals surface area contributed by atoms with E-state index in [0.29, 0.717) is 12.0 Å². The minimum atomic E-state index is -0.598. The standard InChI is InChI=1S/C37H46N4O2/c1-24-18-25(2)20-29(19-24)35-34(26(3)22-38-15-12-27-13-16-40(43)17-14-27)32-21-30(8-11-33(32)39-35)37(4,5)36(42)41-23-28-6-9-31(41)10-7-28/h8,11,13-14,16-21,26,28,31,38-39H,6-7,9-10,12,15,22-23H2,1-5H3/t26-,28?,31?/m1/s1. The highest BCUT2D eigenvalue weighted by molar-refractivity contribution is 5.94. The molecule has 4 heterocycles. The van der Waals surface area contributed by atoms with Crippen molar-refractivity contribution in [2.45, 2.75) is 84.1 Å². The first-order valence-corrected chi connectivity index (χ1v) is 16.0. The van der Waals surface area contributed by atoms with Crippen LogP contribution >= 0.6 is 0 Å². The molecule has 7 rings (SSSR count). The van der Waals surface area contributed by atoms with Gasteiger partial charge in [0.15, 0.2) is 12.4 Å². The maximum Gasteiger partial charge on any atom is 0.232 e. The Kier molecular flexibility index (Phi) is 8.08. The quantitative estimate of drug-likeness (QED) is 0.132. The fourth-order valence-electron chi connectivity index (χ4n) is 7.52. The van der Waals surface area contributed by atoms with Gasteiger partial charge in [0.2, 0.25) is 5.91 Å². The Hall–Kier alpha value is -3.64. The van der Waals surface area contributed by atoms with Crippen molar-refractivity contribution in [3.8, 4) is 11.3 Å². The predicted octanol–water partition coefficient (Wildman–Crippen LogP) is 6.70. The van der Waals surface area contributed by atoms with Crippen molar-refractivity contribution >= 4 is 16.8 Å². The van der Waals surface area contributed by atoms with Gasteiger partial charge in [-0.3, -0.25) is 4.79 Å². The average Bonchev–Trinajstić information content (AvgIpc) is 3.39. The second-order valence-corrected chi connectivity index (χ2v) is 13.7.